The predicted molar refractivity (Wildman–Crippen MR) is 204 cm³/mol. The van der Waals surface area contributed by atoms with E-state index in [2.05, 4.69) is 127 Å². The van der Waals surface area contributed by atoms with Gasteiger partial charge in [-0.2, -0.15) is 0 Å². The first-order chi connectivity index (χ1) is 24.7. The van der Waals surface area contributed by atoms with E-state index in [-0.39, 0.29) is 6.17 Å². The standard InChI is InChI=1S/C45H29N3O2/c1-4-12-28(13-5-1)31-21-23-39-37(24-31)34-22-20-32(26-40(34)49-39)44-46-43(30-16-8-3-9-17-30)47-45(48-44)33-25-36(29-14-6-2-7-15-29)42-35-18-10-11-19-38(35)50-41(42)27-33/h1-27,43H,(H,46,47,48). The van der Waals surface area contributed by atoms with Crippen molar-refractivity contribution in [1.29, 1.82) is 0 Å². The van der Waals surface area contributed by atoms with E-state index < -0.39 is 0 Å². The molecule has 0 fully saturated rings. The first kappa shape index (κ1) is 28.3. The summed E-state index contributed by atoms with van der Waals surface area (Å²) in [5.74, 6) is 1.35. The van der Waals surface area contributed by atoms with Crippen LogP contribution in [-0.2, 0) is 0 Å². The van der Waals surface area contributed by atoms with Gasteiger partial charge in [-0.05, 0) is 70.3 Å². The van der Waals surface area contributed by atoms with Crippen LogP contribution in [0.15, 0.2) is 183 Å². The molecule has 9 aromatic rings. The lowest BCUT2D eigenvalue weighted by atomic mass is 9.96. The van der Waals surface area contributed by atoms with Gasteiger partial charge in [-0.3, -0.25) is 0 Å². The molecule has 236 valence electrons. The van der Waals surface area contributed by atoms with E-state index >= 15 is 0 Å². The number of amidine groups is 2. The van der Waals surface area contributed by atoms with E-state index in [0.29, 0.717) is 5.84 Å². The molecule has 0 saturated carbocycles. The van der Waals surface area contributed by atoms with Crippen molar-refractivity contribution in [2.45, 2.75) is 6.17 Å². The Kier molecular flexibility index (Phi) is 6.49. The van der Waals surface area contributed by atoms with Crippen LogP contribution in [0.1, 0.15) is 22.9 Å². The highest BCUT2D eigenvalue weighted by atomic mass is 16.3. The van der Waals surface area contributed by atoms with Gasteiger partial charge in [-0.15, -0.1) is 0 Å². The van der Waals surface area contributed by atoms with Crippen molar-refractivity contribution in [2.75, 3.05) is 0 Å². The second kappa shape index (κ2) is 11.5. The molecule has 1 aliphatic heterocycles. The monoisotopic (exact) mass is 643 g/mol. The van der Waals surface area contributed by atoms with Gasteiger partial charge in [0, 0.05) is 32.7 Å². The minimum Gasteiger partial charge on any atom is -0.456 e. The third kappa shape index (κ3) is 4.79. The molecule has 0 radical (unpaired) electrons. The van der Waals surface area contributed by atoms with Crippen LogP contribution in [0.4, 0.5) is 0 Å². The van der Waals surface area contributed by atoms with Gasteiger partial charge in [-0.1, -0.05) is 121 Å². The zero-order valence-electron chi connectivity index (χ0n) is 26.9. The Labute approximate surface area is 287 Å². The van der Waals surface area contributed by atoms with Crippen molar-refractivity contribution < 1.29 is 8.83 Å². The number of nitrogens with zero attached hydrogens (tertiary/aromatic N) is 2. The van der Waals surface area contributed by atoms with Crippen LogP contribution in [0.3, 0.4) is 0 Å². The Morgan fingerprint density at radius 3 is 1.92 bits per heavy atom. The molecule has 10 rings (SSSR count). The van der Waals surface area contributed by atoms with Crippen LogP contribution in [0.5, 0.6) is 0 Å². The highest BCUT2D eigenvalue weighted by Gasteiger charge is 2.24. The molecule has 5 nitrogen and oxygen atoms in total. The maximum atomic E-state index is 6.46. The molecule has 50 heavy (non-hydrogen) atoms. The molecule has 1 atom stereocenters. The molecule has 0 amide bonds. The van der Waals surface area contributed by atoms with Crippen LogP contribution in [0.25, 0.3) is 66.1 Å². The van der Waals surface area contributed by atoms with Gasteiger partial charge in [0.25, 0.3) is 0 Å². The van der Waals surface area contributed by atoms with Gasteiger partial charge < -0.3 is 14.2 Å². The minimum atomic E-state index is -0.343. The molecule has 0 spiro atoms. The Morgan fingerprint density at radius 1 is 0.440 bits per heavy atom. The lowest BCUT2D eigenvalue weighted by molar-refractivity contribution is 0.666. The third-order valence-corrected chi connectivity index (χ3v) is 9.53. The van der Waals surface area contributed by atoms with E-state index in [1.54, 1.807) is 0 Å². The van der Waals surface area contributed by atoms with Crippen molar-refractivity contribution >= 4 is 55.5 Å². The van der Waals surface area contributed by atoms with E-state index in [0.717, 1.165) is 83.1 Å². The SMILES string of the molecule is c1ccc(-c2ccc3oc4cc(C5=NC(c6ccccc6)NC(c6cc(-c7ccccc7)c7c(c6)oc6ccccc67)=N5)ccc4c3c2)cc1. The lowest BCUT2D eigenvalue weighted by Gasteiger charge is -2.24. The smallest absolute Gasteiger partial charge is 0.159 e. The van der Waals surface area contributed by atoms with Crippen LogP contribution in [0.2, 0.25) is 0 Å². The number of hydrogen-bond acceptors (Lipinski definition) is 5. The molecule has 0 bridgehead atoms. The Hall–Kier alpha value is -6.72. The van der Waals surface area contributed by atoms with E-state index in [1.807, 2.05) is 42.5 Å². The quantitative estimate of drug-likeness (QED) is 0.203. The summed E-state index contributed by atoms with van der Waals surface area (Å²) in [4.78, 5) is 10.3. The first-order valence-electron chi connectivity index (χ1n) is 16.8. The topological polar surface area (TPSA) is 63.0 Å². The van der Waals surface area contributed by atoms with Gasteiger partial charge >= 0.3 is 0 Å². The zero-order chi connectivity index (χ0) is 33.0. The zero-order valence-corrected chi connectivity index (χ0v) is 26.9. The second-order valence-corrected chi connectivity index (χ2v) is 12.6. The largest absolute Gasteiger partial charge is 0.456 e. The molecular weight excluding hydrogens is 615 g/mol. The summed E-state index contributed by atoms with van der Waals surface area (Å²) >= 11 is 0. The normalized spacial score (nSPS) is 14.6. The molecule has 1 unspecified atom stereocenters. The number of nitrogens with one attached hydrogen (secondary N) is 1. The van der Waals surface area contributed by atoms with Gasteiger partial charge in [0.2, 0.25) is 0 Å². The molecule has 1 aliphatic rings. The fourth-order valence-corrected chi connectivity index (χ4v) is 7.09. The first-order valence-corrected chi connectivity index (χ1v) is 16.8. The number of furan rings is 2. The van der Waals surface area contributed by atoms with E-state index in [1.165, 1.54) is 5.56 Å². The van der Waals surface area contributed by atoms with Gasteiger partial charge in [0.05, 0.1) is 0 Å². The number of hydrogen-bond donors (Lipinski definition) is 1. The summed E-state index contributed by atoms with van der Waals surface area (Å²) in [5, 5.41) is 7.96. The Bertz CT molecular complexity index is 2780. The molecule has 5 heteroatoms. The molecule has 7 aromatic carbocycles. The number of para-hydroxylation sites is 1. The van der Waals surface area contributed by atoms with Gasteiger partial charge in [-0.25, -0.2) is 9.98 Å². The summed E-state index contributed by atoms with van der Waals surface area (Å²) in [6, 6.07) is 56.3. The summed E-state index contributed by atoms with van der Waals surface area (Å²) in [6.07, 6.45) is -0.343. The summed E-state index contributed by atoms with van der Waals surface area (Å²) in [7, 11) is 0. The predicted octanol–water partition coefficient (Wildman–Crippen LogP) is 11.3. The number of fused-ring (bicyclic) bond motifs is 6. The van der Waals surface area contributed by atoms with E-state index in [4.69, 9.17) is 18.8 Å². The number of aliphatic imine (C=N–C) groups is 2. The van der Waals surface area contributed by atoms with E-state index in [9.17, 15) is 0 Å². The molecule has 3 heterocycles. The van der Waals surface area contributed by atoms with Crippen molar-refractivity contribution in [3.8, 4) is 22.3 Å². The Morgan fingerprint density at radius 2 is 1.10 bits per heavy atom. The fraction of sp³-hybridized carbons (Fsp3) is 0.0222. The average molecular weight is 644 g/mol. The lowest BCUT2D eigenvalue weighted by Crippen LogP contribution is -2.33. The molecular formula is C45H29N3O2. The molecule has 1 N–H and O–H groups in total. The third-order valence-electron chi connectivity index (χ3n) is 9.53. The Balaban J connectivity index is 1.13. The van der Waals surface area contributed by atoms with Crippen LogP contribution in [-0.4, -0.2) is 11.7 Å². The molecule has 0 aliphatic carbocycles. The fourth-order valence-electron chi connectivity index (χ4n) is 7.09. The van der Waals surface area contributed by atoms with Crippen molar-refractivity contribution in [3.05, 3.63) is 180 Å². The minimum absolute atomic E-state index is 0.343. The number of benzene rings is 7. The second-order valence-electron chi connectivity index (χ2n) is 12.6. The molecule has 2 aromatic heterocycles. The highest BCUT2D eigenvalue weighted by molar-refractivity contribution is 6.19. The summed E-state index contributed by atoms with van der Waals surface area (Å²) in [6.45, 7) is 0. The maximum Gasteiger partial charge on any atom is 0.159 e. The van der Waals surface area contributed by atoms with Crippen molar-refractivity contribution in [2.24, 2.45) is 9.98 Å². The van der Waals surface area contributed by atoms with Crippen molar-refractivity contribution in [3.63, 3.8) is 0 Å². The van der Waals surface area contributed by atoms with Crippen LogP contribution < -0.4 is 5.32 Å². The summed E-state index contributed by atoms with van der Waals surface area (Å²) < 4.78 is 12.9. The highest BCUT2D eigenvalue weighted by Crippen LogP contribution is 2.39. The average Bonchev–Trinajstić information content (AvgIpc) is 3.76. The maximum absolute atomic E-state index is 6.46. The van der Waals surface area contributed by atoms with Crippen molar-refractivity contribution in [1.82, 2.24) is 5.32 Å². The number of rotatable bonds is 5. The summed E-state index contributed by atoms with van der Waals surface area (Å²) in [5.41, 5.74) is 10.7. The van der Waals surface area contributed by atoms with Gasteiger partial charge in [0.15, 0.2) is 5.84 Å². The van der Waals surface area contributed by atoms with Crippen LogP contribution in [0, 0.1) is 0 Å². The van der Waals surface area contributed by atoms with Crippen LogP contribution >= 0.6 is 0 Å². The molecule has 0 saturated heterocycles. The van der Waals surface area contributed by atoms with Gasteiger partial charge in [0.1, 0.15) is 34.3 Å².